The molecule has 0 aromatic carbocycles. The lowest BCUT2D eigenvalue weighted by molar-refractivity contribution is 0.0293. The number of nitrogens with zero attached hydrogens (tertiary/aromatic N) is 1. The predicted octanol–water partition coefficient (Wildman–Crippen LogP) is -0.455. The Morgan fingerprint density at radius 3 is 2.27 bits per heavy atom. The van der Waals surface area contributed by atoms with E-state index in [0.29, 0.717) is 19.4 Å². The minimum Gasteiger partial charge on any atom is -0.394 e. The summed E-state index contributed by atoms with van der Waals surface area (Å²) in [5.74, 6) is 0.120. The Morgan fingerprint density at radius 1 is 1.27 bits per heavy atom. The van der Waals surface area contributed by atoms with Gasteiger partial charge in [-0.05, 0) is 19.3 Å². The van der Waals surface area contributed by atoms with Gasteiger partial charge in [0.05, 0.1) is 24.5 Å². The quantitative estimate of drug-likeness (QED) is 0.694. The van der Waals surface area contributed by atoms with Crippen molar-refractivity contribution in [1.82, 2.24) is 4.31 Å². The fourth-order valence-corrected chi connectivity index (χ4v) is 3.96. The number of sulfonamides is 1. The van der Waals surface area contributed by atoms with Gasteiger partial charge in [0, 0.05) is 6.54 Å². The van der Waals surface area contributed by atoms with Gasteiger partial charge in [-0.25, -0.2) is 8.42 Å². The molecule has 0 radical (unpaired) electrons. The summed E-state index contributed by atoms with van der Waals surface area (Å²) in [5.41, 5.74) is -1.01. The number of aliphatic hydroxyl groups is 2. The van der Waals surface area contributed by atoms with Crippen LogP contribution >= 0.6 is 0 Å². The molecule has 2 N–H and O–H groups in total. The van der Waals surface area contributed by atoms with E-state index in [4.69, 9.17) is 0 Å². The van der Waals surface area contributed by atoms with E-state index in [2.05, 4.69) is 0 Å². The topological polar surface area (TPSA) is 77.8 Å². The fourth-order valence-electron chi connectivity index (χ4n) is 1.93. The summed E-state index contributed by atoms with van der Waals surface area (Å²) in [6.07, 6.45) is 1.87. The highest BCUT2D eigenvalue weighted by Gasteiger charge is 2.42. The molecule has 0 spiro atoms. The molecule has 15 heavy (non-hydrogen) atoms. The summed E-state index contributed by atoms with van der Waals surface area (Å²) in [4.78, 5) is 0. The van der Waals surface area contributed by atoms with E-state index in [0.717, 1.165) is 6.42 Å². The van der Waals surface area contributed by atoms with Crippen molar-refractivity contribution in [3.8, 4) is 0 Å². The summed E-state index contributed by atoms with van der Waals surface area (Å²) in [5, 5.41) is 18.6. The van der Waals surface area contributed by atoms with Gasteiger partial charge in [-0.3, -0.25) is 0 Å². The molecule has 1 heterocycles. The molecule has 0 aromatic rings. The Kier molecular flexibility index (Phi) is 4.11. The molecule has 0 aromatic heterocycles. The van der Waals surface area contributed by atoms with Gasteiger partial charge < -0.3 is 10.2 Å². The van der Waals surface area contributed by atoms with Gasteiger partial charge in [-0.1, -0.05) is 6.92 Å². The molecule has 1 saturated heterocycles. The molecule has 5 nitrogen and oxygen atoms in total. The van der Waals surface area contributed by atoms with Gasteiger partial charge in [-0.2, -0.15) is 4.31 Å². The van der Waals surface area contributed by atoms with E-state index < -0.39 is 15.6 Å². The van der Waals surface area contributed by atoms with Crippen molar-refractivity contribution in [2.45, 2.75) is 31.7 Å². The second-order valence-electron chi connectivity index (χ2n) is 3.99. The van der Waals surface area contributed by atoms with Crippen molar-refractivity contribution in [3.05, 3.63) is 0 Å². The number of hydrogen-bond acceptors (Lipinski definition) is 4. The Hall–Kier alpha value is -0.170. The highest BCUT2D eigenvalue weighted by Crippen LogP contribution is 2.27. The first-order valence-electron chi connectivity index (χ1n) is 5.24. The van der Waals surface area contributed by atoms with Crippen LogP contribution in [0.3, 0.4) is 0 Å². The van der Waals surface area contributed by atoms with Crippen LogP contribution in [0.25, 0.3) is 0 Å². The molecule has 6 heteroatoms. The molecular weight excluding hydrogens is 218 g/mol. The Morgan fingerprint density at radius 2 is 1.87 bits per heavy atom. The smallest absolute Gasteiger partial charge is 0.214 e. The summed E-state index contributed by atoms with van der Waals surface area (Å²) < 4.78 is 24.9. The molecule has 0 unspecified atom stereocenters. The predicted molar refractivity (Wildman–Crippen MR) is 56.9 cm³/mol. The van der Waals surface area contributed by atoms with E-state index in [-0.39, 0.29) is 19.0 Å². The van der Waals surface area contributed by atoms with Gasteiger partial charge in [0.15, 0.2) is 0 Å². The number of aliphatic hydroxyl groups excluding tert-OH is 2. The standard InChI is InChI=1S/C9H19NO4S/c1-2-9(7-11,8-12)10-5-3-4-6-15(10,13)14/h11-12H,2-8H2,1H3. The minimum absolute atomic E-state index is 0.120. The minimum atomic E-state index is -3.30. The van der Waals surface area contributed by atoms with Crippen molar-refractivity contribution in [2.24, 2.45) is 0 Å². The molecule has 0 atom stereocenters. The molecule has 1 aliphatic heterocycles. The average Bonchev–Trinajstić information content (AvgIpc) is 2.23. The molecule has 1 fully saturated rings. The van der Waals surface area contributed by atoms with Crippen LogP contribution in [0.1, 0.15) is 26.2 Å². The average molecular weight is 237 g/mol. The first-order valence-corrected chi connectivity index (χ1v) is 6.85. The molecule has 1 aliphatic rings. The lowest BCUT2D eigenvalue weighted by Gasteiger charge is -2.41. The zero-order valence-corrected chi connectivity index (χ0v) is 9.83. The van der Waals surface area contributed by atoms with Crippen LogP contribution in [-0.2, 0) is 10.0 Å². The highest BCUT2D eigenvalue weighted by atomic mass is 32.2. The third-order valence-corrected chi connectivity index (χ3v) is 5.17. The molecule has 90 valence electrons. The molecule has 0 amide bonds. The number of hydrogen-bond donors (Lipinski definition) is 2. The monoisotopic (exact) mass is 237 g/mol. The highest BCUT2D eigenvalue weighted by molar-refractivity contribution is 7.89. The zero-order chi connectivity index (χ0) is 11.5. The fraction of sp³-hybridized carbons (Fsp3) is 1.00. The van der Waals surface area contributed by atoms with Crippen molar-refractivity contribution in [1.29, 1.82) is 0 Å². The molecular formula is C9H19NO4S. The van der Waals surface area contributed by atoms with Crippen LogP contribution in [-0.4, -0.2) is 54.0 Å². The summed E-state index contributed by atoms with van der Waals surface area (Å²) in [7, 11) is -3.30. The normalized spacial score (nSPS) is 22.9. The van der Waals surface area contributed by atoms with Gasteiger partial charge >= 0.3 is 0 Å². The van der Waals surface area contributed by atoms with Crippen LogP contribution < -0.4 is 0 Å². The van der Waals surface area contributed by atoms with E-state index >= 15 is 0 Å². The van der Waals surface area contributed by atoms with E-state index in [9.17, 15) is 18.6 Å². The SMILES string of the molecule is CCC(CO)(CO)N1CCCCS1(=O)=O. The first kappa shape index (κ1) is 12.9. The van der Waals surface area contributed by atoms with Crippen molar-refractivity contribution < 1.29 is 18.6 Å². The summed E-state index contributed by atoms with van der Waals surface area (Å²) >= 11 is 0. The molecule has 0 bridgehead atoms. The molecule has 1 rings (SSSR count). The van der Waals surface area contributed by atoms with Crippen LogP contribution in [0.2, 0.25) is 0 Å². The van der Waals surface area contributed by atoms with Crippen molar-refractivity contribution >= 4 is 10.0 Å². The van der Waals surface area contributed by atoms with Crippen molar-refractivity contribution in [3.63, 3.8) is 0 Å². The lowest BCUT2D eigenvalue weighted by Crippen LogP contribution is -2.58. The van der Waals surface area contributed by atoms with Gasteiger partial charge in [0.2, 0.25) is 10.0 Å². The van der Waals surface area contributed by atoms with E-state index in [1.165, 1.54) is 4.31 Å². The third-order valence-electron chi connectivity index (χ3n) is 3.13. The first-order chi connectivity index (χ1) is 7.02. The second kappa shape index (κ2) is 4.78. The Balaban J connectivity index is 3.01. The van der Waals surface area contributed by atoms with Crippen LogP contribution in [0.5, 0.6) is 0 Å². The molecule has 0 aliphatic carbocycles. The zero-order valence-electron chi connectivity index (χ0n) is 9.02. The Bertz CT molecular complexity index is 289. The third kappa shape index (κ3) is 2.33. The maximum atomic E-state index is 11.8. The van der Waals surface area contributed by atoms with E-state index in [1.54, 1.807) is 6.92 Å². The second-order valence-corrected chi connectivity index (χ2v) is 6.00. The van der Waals surface area contributed by atoms with Crippen LogP contribution in [0, 0.1) is 0 Å². The van der Waals surface area contributed by atoms with Crippen molar-refractivity contribution in [2.75, 3.05) is 25.5 Å². The maximum absolute atomic E-state index is 11.8. The van der Waals surface area contributed by atoms with Gasteiger partial charge in [-0.15, -0.1) is 0 Å². The Labute approximate surface area is 90.8 Å². The maximum Gasteiger partial charge on any atom is 0.214 e. The largest absolute Gasteiger partial charge is 0.394 e. The summed E-state index contributed by atoms with van der Waals surface area (Å²) in [6.45, 7) is 1.51. The van der Waals surface area contributed by atoms with E-state index in [1.807, 2.05) is 0 Å². The van der Waals surface area contributed by atoms with Gasteiger partial charge in [0.1, 0.15) is 0 Å². The molecule has 0 saturated carbocycles. The number of rotatable bonds is 4. The van der Waals surface area contributed by atoms with Gasteiger partial charge in [0.25, 0.3) is 0 Å². The summed E-state index contributed by atoms with van der Waals surface area (Å²) in [6, 6.07) is 0. The van der Waals surface area contributed by atoms with Crippen LogP contribution in [0.15, 0.2) is 0 Å². The van der Waals surface area contributed by atoms with Crippen LogP contribution in [0.4, 0.5) is 0 Å². The lowest BCUT2D eigenvalue weighted by atomic mass is 9.98.